The van der Waals surface area contributed by atoms with Gasteiger partial charge >= 0.3 is 0 Å². The van der Waals surface area contributed by atoms with Crippen LogP contribution in [-0.2, 0) is 23.7 Å². The van der Waals surface area contributed by atoms with Crippen molar-refractivity contribution in [3.63, 3.8) is 0 Å². The predicted molar refractivity (Wildman–Crippen MR) is 114 cm³/mol. The van der Waals surface area contributed by atoms with Crippen LogP contribution < -0.4 is 22.9 Å². The summed E-state index contributed by atoms with van der Waals surface area (Å²) in [5, 5.41) is 70.1. The van der Waals surface area contributed by atoms with Crippen molar-refractivity contribution in [1.29, 1.82) is 0 Å². The van der Waals surface area contributed by atoms with Gasteiger partial charge in [-0.3, -0.25) is 0 Å². The van der Waals surface area contributed by atoms with Gasteiger partial charge < -0.3 is 82.4 Å². The maximum absolute atomic E-state index is 10.6. The fraction of sp³-hybridized carbons (Fsp3) is 1.00. The summed E-state index contributed by atoms with van der Waals surface area (Å²) in [4.78, 5) is 0. The molecule has 35 heavy (non-hydrogen) atoms. The molecule has 0 bridgehead atoms. The fourth-order valence-electron chi connectivity index (χ4n) is 4.56. The third kappa shape index (κ3) is 6.10. The van der Waals surface area contributed by atoms with E-state index in [1.807, 2.05) is 0 Å². The summed E-state index contributed by atoms with van der Waals surface area (Å²) in [5.41, 5.74) is 23.8. The third-order valence-electron chi connectivity index (χ3n) is 6.72. The second-order valence-electron chi connectivity index (χ2n) is 9.13. The Labute approximate surface area is 201 Å². The Morgan fingerprint density at radius 3 is 1.77 bits per heavy atom. The summed E-state index contributed by atoms with van der Waals surface area (Å²) < 4.78 is 27.3. The van der Waals surface area contributed by atoms with E-state index in [0.717, 1.165) is 0 Å². The summed E-state index contributed by atoms with van der Waals surface area (Å²) in [6, 6.07) is -3.86. The number of aliphatic hydroxyl groups excluding tert-OH is 7. The minimum atomic E-state index is -1.51. The normalized spacial score (nSPS) is 51.3. The van der Waals surface area contributed by atoms with E-state index in [1.165, 1.54) is 0 Å². The van der Waals surface area contributed by atoms with Gasteiger partial charge in [-0.1, -0.05) is 0 Å². The highest BCUT2D eigenvalue weighted by Crippen LogP contribution is 2.29. The lowest BCUT2D eigenvalue weighted by Gasteiger charge is -2.46. The zero-order valence-electron chi connectivity index (χ0n) is 19.0. The van der Waals surface area contributed by atoms with Gasteiger partial charge in [0.15, 0.2) is 12.6 Å². The van der Waals surface area contributed by atoms with Gasteiger partial charge in [0, 0.05) is 12.1 Å². The van der Waals surface area contributed by atoms with Crippen molar-refractivity contribution in [2.45, 2.75) is 98.1 Å². The molecule has 2 aliphatic heterocycles. The Morgan fingerprint density at radius 1 is 0.657 bits per heavy atom. The highest BCUT2D eigenvalue weighted by molar-refractivity contribution is 5.00. The molecule has 15 atom stereocenters. The molecule has 0 amide bonds. The van der Waals surface area contributed by atoms with Crippen molar-refractivity contribution in [3.05, 3.63) is 0 Å². The first-order valence-corrected chi connectivity index (χ1v) is 11.4. The Hall–Kier alpha value is -0.640. The van der Waals surface area contributed by atoms with Gasteiger partial charge in [-0.25, -0.2) is 0 Å². The molecule has 3 aliphatic rings. The molecule has 0 aromatic carbocycles. The van der Waals surface area contributed by atoms with Crippen molar-refractivity contribution in [3.8, 4) is 0 Å². The van der Waals surface area contributed by atoms with E-state index >= 15 is 0 Å². The maximum Gasteiger partial charge on any atom is 0.176 e. The molecule has 2 heterocycles. The van der Waals surface area contributed by atoms with Crippen LogP contribution in [-0.4, -0.2) is 147 Å². The summed E-state index contributed by atoms with van der Waals surface area (Å²) in [7, 11) is 0. The minimum Gasteiger partial charge on any atom is -0.394 e. The van der Waals surface area contributed by atoms with Crippen molar-refractivity contribution < 1.29 is 59.4 Å². The van der Waals surface area contributed by atoms with Gasteiger partial charge in [0.2, 0.25) is 0 Å². The third-order valence-corrected chi connectivity index (χ3v) is 6.72. The molecule has 3 fully saturated rings. The lowest BCUT2D eigenvalue weighted by Crippen LogP contribution is -2.67. The van der Waals surface area contributed by atoms with Crippen LogP contribution in [0.25, 0.3) is 0 Å². The molecule has 2 saturated heterocycles. The van der Waals surface area contributed by atoms with Gasteiger partial charge in [-0.05, 0) is 6.42 Å². The zero-order valence-corrected chi connectivity index (χ0v) is 19.0. The van der Waals surface area contributed by atoms with Gasteiger partial charge in [-0.2, -0.15) is 0 Å². The van der Waals surface area contributed by atoms with Crippen LogP contribution in [0.15, 0.2) is 0 Å². The molecule has 1 aliphatic carbocycles. The second kappa shape index (κ2) is 12.3. The lowest BCUT2D eigenvalue weighted by molar-refractivity contribution is -0.312. The van der Waals surface area contributed by atoms with Gasteiger partial charge in [0.1, 0.15) is 55.6 Å². The molecule has 15 N–H and O–H groups in total. The highest BCUT2D eigenvalue weighted by Gasteiger charge is 2.49. The molecular weight excluding hydrogens is 476 g/mol. The van der Waals surface area contributed by atoms with E-state index in [9.17, 15) is 35.7 Å². The standard InChI is InChI=1S/C19H38N4O12/c20-5-1-6(21)15(14(29)11(5)26)35-19-10(23)17(13(28)8(3-25)34-19)32-4-31-16-9(22)18(30)33-7(2-24)12(16)27/h5-19,24-30H,1-4,20-23H2/t5-,6+,7-,8-,9-,10-,11+,12-,13-,14-,15-,16-,17-,18+,19-/m1/s1. The molecule has 0 spiro atoms. The first kappa shape index (κ1) is 28.9. The van der Waals surface area contributed by atoms with Gasteiger partial charge in [0.05, 0.1) is 31.4 Å². The summed E-state index contributed by atoms with van der Waals surface area (Å²) in [6.45, 7) is -1.80. The van der Waals surface area contributed by atoms with E-state index in [2.05, 4.69) is 0 Å². The maximum atomic E-state index is 10.6. The van der Waals surface area contributed by atoms with E-state index in [0.29, 0.717) is 0 Å². The first-order valence-electron chi connectivity index (χ1n) is 11.4. The number of rotatable bonds is 8. The number of hydrogen-bond donors (Lipinski definition) is 11. The van der Waals surface area contributed by atoms with E-state index in [1.54, 1.807) is 0 Å². The Kier molecular flexibility index (Phi) is 10.1. The van der Waals surface area contributed by atoms with Crippen LogP contribution in [0.3, 0.4) is 0 Å². The molecule has 206 valence electrons. The van der Waals surface area contributed by atoms with Gasteiger partial charge in [-0.15, -0.1) is 0 Å². The zero-order chi connectivity index (χ0) is 26.0. The van der Waals surface area contributed by atoms with Crippen LogP contribution >= 0.6 is 0 Å². The van der Waals surface area contributed by atoms with Crippen molar-refractivity contribution in [1.82, 2.24) is 0 Å². The molecule has 0 aromatic heterocycles. The Bertz CT molecular complexity index is 669. The first-order chi connectivity index (χ1) is 16.5. The molecule has 16 heteroatoms. The summed E-state index contributed by atoms with van der Waals surface area (Å²) >= 11 is 0. The molecule has 0 aromatic rings. The molecule has 0 unspecified atom stereocenters. The SMILES string of the molecule is N[C@@H]1[C@@H](OCO[C@@H]2[C@@H](N)[C@@H](O[C@H]3[C@H](O)[C@@H](O)[C@H](N)C[C@@H]3N)O[C@H](CO)[C@H]2O)[C@H](O)[C@@H](CO)O[C@@H]1O. The molecule has 1 saturated carbocycles. The minimum absolute atomic E-state index is 0.152. The average molecular weight is 515 g/mol. The van der Waals surface area contributed by atoms with Crippen LogP contribution in [0, 0.1) is 0 Å². The van der Waals surface area contributed by atoms with E-state index in [-0.39, 0.29) is 6.42 Å². The molecule has 16 nitrogen and oxygen atoms in total. The van der Waals surface area contributed by atoms with Gasteiger partial charge in [0.25, 0.3) is 0 Å². The lowest BCUT2D eigenvalue weighted by atomic mass is 9.84. The monoisotopic (exact) mass is 514 g/mol. The predicted octanol–water partition coefficient (Wildman–Crippen LogP) is -7.32. The van der Waals surface area contributed by atoms with Crippen LogP contribution in [0.4, 0.5) is 0 Å². The quantitative estimate of drug-likeness (QED) is 0.134. The number of ether oxygens (including phenoxy) is 5. The largest absolute Gasteiger partial charge is 0.394 e. The number of nitrogens with two attached hydrogens (primary N) is 4. The Balaban J connectivity index is 1.65. The van der Waals surface area contributed by atoms with Crippen molar-refractivity contribution >= 4 is 0 Å². The molecule has 3 rings (SSSR count). The van der Waals surface area contributed by atoms with E-state index < -0.39 is 112 Å². The average Bonchev–Trinajstić information content (AvgIpc) is 2.82. The molecule has 0 radical (unpaired) electrons. The van der Waals surface area contributed by atoms with Crippen molar-refractivity contribution in [2.24, 2.45) is 22.9 Å². The molecular formula is C19H38N4O12. The number of aliphatic hydroxyl groups is 7. The topological polar surface area (TPSA) is 292 Å². The number of hydrogen-bond acceptors (Lipinski definition) is 16. The fourth-order valence-corrected chi connectivity index (χ4v) is 4.56. The van der Waals surface area contributed by atoms with Crippen LogP contribution in [0.5, 0.6) is 0 Å². The van der Waals surface area contributed by atoms with Crippen LogP contribution in [0.2, 0.25) is 0 Å². The van der Waals surface area contributed by atoms with Crippen molar-refractivity contribution in [2.75, 3.05) is 20.0 Å². The Morgan fingerprint density at radius 2 is 1.20 bits per heavy atom. The summed E-state index contributed by atoms with van der Waals surface area (Å²) in [6.07, 6.45) is -14.1. The second-order valence-corrected chi connectivity index (χ2v) is 9.13. The highest BCUT2D eigenvalue weighted by atomic mass is 16.7. The summed E-state index contributed by atoms with van der Waals surface area (Å²) in [5.74, 6) is 0. The smallest absolute Gasteiger partial charge is 0.176 e. The van der Waals surface area contributed by atoms with Crippen LogP contribution in [0.1, 0.15) is 6.42 Å². The van der Waals surface area contributed by atoms with E-state index in [4.69, 9.17) is 46.6 Å².